The van der Waals surface area contributed by atoms with Gasteiger partial charge in [-0.15, -0.1) is 5.10 Å². The molecule has 0 spiro atoms. The van der Waals surface area contributed by atoms with Gasteiger partial charge in [-0.2, -0.15) is 0 Å². The van der Waals surface area contributed by atoms with E-state index < -0.39 is 0 Å². The molecule has 0 fully saturated rings. The molecular formula is C15H17N3O2. The van der Waals surface area contributed by atoms with Gasteiger partial charge in [0.15, 0.2) is 6.61 Å². The molecule has 1 aromatic carbocycles. The van der Waals surface area contributed by atoms with Gasteiger partial charge in [-0.25, -0.2) is 0 Å². The summed E-state index contributed by atoms with van der Waals surface area (Å²) in [6.07, 6.45) is 5.22. The molecule has 0 radical (unpaired) electrons. The molecule has 5 heteroatoms. The van der Waals surface area contributed by atoms with E-state index in [1.54, 1.807) is 24.0 Å². The van der Waals surface area contributed by atoms with E-state index in [2.05, 4.69) is 22.5 Å². The van der Waals surface area contributed by atoms with Crippen molar-refractivity contribution in [3.63, 3.8) is 0 Å². The minimum Gasteiger partial charge on any atom is -0.466 e. The molecular weight excluding hydrogens is 254 g/mol. The van der Waals surface area contributed by atoms with Crippen molar-refractivity contribution in [1.29, 1.82) is 0 Å². The van der Waals surface area contributed by atoms with Gasteiger partial charge in [-0.1, -0.05) is 6.07 Å². The number of hydrogen-bond acceptors (Lipinski definition) is 3. The third-order valence-electron chi connectivity index (χ3n) is 3.42. The van der Waals surface area contributed by atoms with E-state index in [4.69, 9.17) is 4.74 Å². The summed E-state index contributed by atoms with van der Waals surface area (Å²) in [6, 6.07) is 7.82. The second-order valence-corrected chi connectivity index (χ2v) is 5.00. The third-order valence-corrected chi connectivity index (χ3v) is 3.42. The Morgan fingerprint density at radius 2 is 2.20 bits per heavy atom. The second kappa shape index (κ2) is 5.36. The standard InChI is InChI=1S/C15H17N3O2/c1-18-8-7-15(17-18)20-10-14(19)16-13-6-5-11-3-2-4-12(11)9-13/h5-9H,2-4,10H2,1H3,(H,16,19). The molecule has 0 aliphatic heterocycles. The van der Waals surface area contributed by atoms with E-state index in [1.165, 1.54) is 17.5 Å². The van der Waals surface area contributed by atoms with Crippen molar-refractivity contribution >= 4 is 11.6 Å². The van der Waals surface area contributed by atoms with E-state index in [-0.39, 0.29) is 12.5 Å². The smallest absolute Gasteiger partial charge is 0.262 e. The first-order valence-electron chi connectivity index (χ1n) is 6.75. The van der Waals surface area contributed by atoms with Gasteiger partial charge in [0.25, 0.3) is 5.91 Å². The molecule has 0 bridgehead atoms. The van der Waals surface area contributed by atoms with Crippen LogP contribution >= 0.6 is 0 Å². The monoisotopic (exact) mass is 271 g/mol. The van der Waals surface area contributed by atoms with Crippen LogP contribution in [-0.2, 0) is 24.7 Å². The number of aromatic nitrogens is 2. The highest BCUT2D eigenvalue weighted by Gasteiger charge is 2.12. The number of rotatable bonds is 4. The van der Waals surface area contributed by atoms with E-state index >= 15 is 0 Å². The van der Waals surface area contributed by atoms with Crippen LogP contribution in [0.4, 0.5) is 5.69 Å². The van der Waals surface area contributed by atoms with Gasteiger partial charge in [-0.3, -0.25) is 9.48 Å². The molecule has 1 heterocycles. The van der Waals surface area contributed by atoms with Crippen molar-refractivity contribution in [1.82, 2.24) is 9.78 Å². The van der Waals surface area contributed by atoms with Gasteiger partial charge >= 0.3 is 0 Å². The SMILES string of the molecule is Cn1ccc(OCC(=O)Nc2ccc3c(c2)CCC3)n1. The summed E-state index contributed by atoms with van der Waals surface area (Å²) in [5.74, 6) is 0.283. The maximum absolute atomic E-state index is 11.8. The highest BCUT2D eigenvalue weighted by atomic mass is 16.5. The molecule has 0 saturated carbocycles. The lowest BCUT2D eigenvalue weighted by molar-refractivity contribution is -0.118. The van der Waals surface area contributed by atoms with Gasteiger partial charge in [0.2, 0.25) is 5.88 Å². The number of nitrogens with zero attached hydrogens (tertiary/aromatic N) is 2. The molecule has 2 aromatic rings. The lowest BCUT2D eigenvalue weighted by Gasteiger charge is -2.07. The van der Waals surface area contributed by atoms with Crippen LogP contribution in [0, 0.1) is 0 Å². The van der Waals surface area contributed by atoms with Gasteiger partial charge in [-0.05, 0) is 42.5 Å². The summed E-state index contributed by atoms with van der Waals surface area (Å²) in [5, 5.41) is 6.90. The van der Waals surface area contributed by atoms with Crippen LogP contribution in [0.25, 0.3) is 0 Å². The van der Waals surface area contributed by atoms with Gasteiger partial charge < -0.3 is 10.1 Å². The van der Waals surface area contributed by atoms with Crippen molar-refractivity contribution in [3.05, 3.63) is 41.6 Å². The average Bonchev–Trinajstić information content (AvgIpc) is 3.04. The first kappa shape index (κ1) is 12.7. The van der Waals surface area contributed by atoms with Gasteiger partial charge in [0, 0.05) is 25.0 Å². The molecule has 1 N–H and O–H groups in total. The molecule has 1 aromatic heterocycles. The van der Waals surface area contributed by atoms with E-state index in [0.717, 1.165) is 18.5 Å². The minimum atomic E-state index is -0.173. The van der Waals surface area contributed by atoms with Crippen LogP contribution in [0.5, 0.6) is 5.88 Å². The Kier molecular flexibility index (Phi) is 3.41. The first-order valence-corrected chi connectivity index (χ1v) is 6.75. The fraction of sp³-hybridized carbons (Fsp3) is 0.333. The van der Waals surface area contributed by atoms with E-state index in [1.807, 2.05) is 6.07 Å². The number of amides is 1. The van der Waals surface area contributed by atoms with Gasteiger partial charge in [0.1, 0.15) is 0 Å². The Morgan fingerprint density at radius 1 is 1.35 bits per heavy atom. The van der Waals surface area contributed by atoms with Crippen LogP contribution in [-0.4, -0.2) is 22.3 Å². The third kappa shape index (κ3) is 2.82. The van der Waals surface area contributed by atoms with Crippen LogP contribution in [0.2, 0.25) is 0 Å². The molecule has 3 rings (SSSR count). The Hall–Kier alpha value is -2.30. The maximum Gasteiger partial charge on any atom is 0.262 e. The number of carbonyl (C=O) groups excluding carboxylic acids is 1. The average molecular weight is 271 g/mol. The first-order chi connectivity index (χ1) is 9.70. The van der Waals surface area contributed by atoms with Crippen LogP contribution < -0.4 is 10.1 Å². The molecule has 5 nitrogen and oxygen atoms in total. The summed E-state index contributed by atoms with van der Waals surface area (Å²) >= 11 is 0. The van der Waals surface area contributed by atoms with Crippen molar-refractivity contribution in [2.45, 2.75) is 19.3 Å². The molecule has 104 valence electrons. The highest BCUT2D eigenvalue weighted by Crippen LogP contribution is 2.24. The number of ether oxygens (including phenoxy) is 1. The zero-order valence-electron chi connectivity index (χ0n) is 11.4. The molecule has 20 heavy (non-hydrogen) atoms. The zero-order valence-corrected chi connectivity index (χ0v) is 11.4. The number of benzene rings is 1. The molecule has 1 aliphatic rings. The van der Waals surface area contributed by atoms with E-state index in [9.17, 15) is 4.79 Å². The fourth-order valence-corrected chi connectivity index (χ4v) is 2.46. The lowest BCUT2D eigenvalue weighted by atomic mass is 10.1. The largest absolute Gasteiger partial charge is 0.466 e. The number of carbonyl (C=O) groups is 1. The number of fused-ring (bicyclic) bond motifs is 1. The molecule has 0 unspecified atom stereocenters. The summed E-state index contributed by atoms with van der Waals surface area (Å²) in [4.78, 5) is 11.8. The van der Waals surface area contributed by atoms with Crippen LogP contribution in [0.15, 0.2) is 30.5 Å². The summed E-state index contributed by atoms with van der Waals surface area (Å²) < 4.78 is 6.94. The minimum absolute atomic E-state index is 0.0336. The summed E-state index contributed by atoms with van der Waals surface area (Å²) in [5.41, 5.74) is 3.57. The number of anilines is 1. The maximum atomic E-state index is 11.8. The molecule has 1 aliphatic carbocycles. The normalized spacial score (nSPS) is 13.1. The highest BCUT2D eigenvalue weighted by molar-refractivity contribution is 5.92. The number of aryl methyl sites for hydroxylation is 3. The lowest BCUT2D eigenvalue weighted by Crippen LogP contribution is -2.20. The molecule has 1 amide bonds. The second-order valence-electron chi connectivity index (χ2n) is 5.00. The predicted molar refractivity (Wildman–Crippen MR) is 75.8 cm³/mol. The van der Waals surface area contributed by atoms with Crippen molar-refractivity contribution in [2.75, 3.05) is 11.9 Å². The molecule has 0 atom stereocenters. The quantitative estimate of drug-likeness (QED) is 0.924. The molecule has 0 saturated heterocycles. The predicted octanol–water partition coefficient (Wildman–Crippen LogP) is 1.93. The number of nitrogens with one attached hydrogen (secondary N) is 1. The fourth-order valence-electron chi connectivity index (χ4n) is 2.46. The summed E-state index contributed by atoms with van der Waals surface area (Å²) in [6.45, 7) is -0.0336. The van der Waals surface area contributed by atoms with Crippen molar-refractivity contribution in [2.24, 2.45) is 7.05 Å². The Labute approximate surface area is 117 Å². The van der Waals surface area contributed by atoms with E-state index in [0.29, 0.717) is 5.88 Å². The van der Waals surface area contributed by atoms with Crippen molar-refractivity contribution in [3.8, 4) is 5.88 Å². The van der Waals surface area contributed by atoms with Crippen LogP contribution in [0.1, 0.15) is 17.5 Å². The zero-order chi connectivity index (χ0) is 13.9. The topological polar surface area (TPSA) is 56.1 Å². The Bertz CT molecular complexity index is 634. The Morgan fingerprint density at radius 3 is 3.00 bits per heavy atom. The number of hydrogen-bond donors (Lipinski definition) is 1. The van der Waals surface area contributed by atoms with Crippen LogP contribution in [0.3, 0.4) is 0 Å². The van der Waals surface area contributed by atoms with Gasteiger partial charge in [0.05, 0.1) is 0 Å². The van der Waals surface area contributed by atoms with Crippen molar-refractivity contribution < 1.29 is 9.53 Å². The Balaban J connectivity index is 1.56. The summed E-state index contributed by atoms with van der Waals surface area (Å²) in [7, 11) is 1.80.